The number of hydrogen-bond donors (Lipinski definition) is 7. The molecule has 0 saturated carbocycles. The predicted molar refractivity (Wildman–Crippen MR) is 107 cm³/mol. The summed E-state index contributed by atoms with van der Waals surface area (Å²) in [7, 11) is 0. The lowest BCUT2D eigenvalue weighted by molar-refractivity contribution is -0.143. The van der Waals surface area contributed by atoms with E-state index in [0.717, 1.165) is 0 Å². The molecule has 0 saturated heterocycles. The zero-order chi connectivity index (χ0) is 23.6. The molecule has 0 aromatic heterocycles. The smallest absolute Gasteiger partial charge is 0.328 e. The van der Waals surface area contributed by atoms with Crippen molar-refractivity contribution in [1.82, 2.24) is 16.0 Å². The van der Waals surface area contributed by atoms with Gasteiger partial charge in [0.2, 0.25) is 23.6 Å². The van der Waals surface area contributed by atoms with Crippen molar-refractivity contribution in [3.8, 4) is 0 Å². The Hall–Kier alpha value is -2.73. The Morgan fingerprint density at radius 2 is 1.40 bits per heavy atom. The van der Waals surface area contributed by atoms with E-state index in [1.54, 1.807) is 27.7 Å². The number of carbonyl (C=O) groups excluding carboxylic acids is 4. The summed E-state index contributed by atoms with van der Waals surface area (Å²) < 4.78 is 0. The van der Waals surface area contributed by atoms with Crippen molar-refractivity contribution in [1.29, 1.82) is 0 Å². The van der Waals surface area contributed by atoms with Crippen LogP contribution in [0.1, 0.15) is 40.5 Å². The zero-order valence-corrected chi connectivity index (χ0v) is 17.7. The minimum Gasteiger partial charge on any atom is -0.480 e. The van der Waals surface area contributed by atoms with Gasteiger partial charge in [0.05, 0.1) is 19.1 Å². The number of aliphatic hydroxyl groups is 1. The summed E-state index contributed by atoms with van der Waals surface area (Å²) in [4.78, 5) is 59.3. The number of rotatable bonds is 13. The minimum absolute atomic E-state index is 0.0328. The largest absolute Gasteiger partial charge is 0.480 e. The number of aliphatic hydroxyl groups excluding tert-OH is 1. The quantitative estimate of drug-likeness (QED) is 0.164. The van der Waals surface area contributed by atoms with Gasteiger partial charge in [-0.3, -0.25) is 19.2 Å². The molecule has 0 fully saturated rings. The average Bonchev–Trinajstić information content (AvgIpc) is 2.61. The van der Waals surface area contributed by atoms with Gasteiger partial charge in [0.15, 0.2) is 0 Å². The van der Waals surface area contributed by atoms with E-state index in [2.05, 4.69) is 16.0 Å². The van der Waals surface area contributed by atoms with Crippen molar-refractivity contribution in [2.75, 3.05) is 6.61 Å². The molecule has 4 atom stereocenters. The molecular formula is C18H33N5O7. The number of primary amides is 1. The number of aliphatic carboxylic acids is 1. The van der Waals surface area contributed by atoms with Gasteiger partial charge in [0.25, 0.3) is 0 Å². The highest BCUT2D eigenvalue weighted by molar-refractivity contribution is 5.95. The second-order valence-electron chi connectivity index (χ2n) is 7.78. The van der Waals surface area contributed by atoms with Gasteiger partial charge in [-0.05, 0) is 18.3 Å². The standard InChI is InChI=1S/C18H33N5O7/c1-8(2)5-11(16(27)22-12(7-24)18(29)30)21-17(28)14(9(3)4)23-15(26)10(19)6-13(20)25/h8-12,14,24H,5-7,19H2,1-4H3,(H2,20,25)(H,21,28)(H,22,27)(H,23,26)(H,29,30). The first-order valence-electron chi connectivity index (χ1n) is 9.58. The second-order valence-corrected chi connectivity index (χ2v) is 7.78. The molecule has 4 unspecified atom stereocenters. The van der Waals surface area contributed by atoms with E-state index in [1.165, 1.54) is 0 Å². The van der Waals surface area contributed by atoms with Crippen LogP contribution in [0.3, 0.4) is 0 Å². The fraction of sp³-hybridized carbons (Fsp3) is 0.722. The van der Waals surface area contributed by atoms with E-state index in [1.807, 2.05) is 0 Å². The van der Waals surface area contributed by atoms with Crippen LogP contribution >= 0.6 is 0 Å². The second kappa shape index (κ2) is 12.8. The molecule has 0 aliphatic carbocycles. The van der Waals surface area contributed by atoms with E-state index >= 15 is 0 Å². The van der Waals surface area contributed by atoms with E-state index in [-0.39, 0.29) is 18.3 Å². The topological polar surface area (TPSA) is 214 Å². The van der Waals surface area contributed by atoms with Crippen molar-refractivity contribution >= 4 is 29.6 Å². The predicted octanol–water partition coefficient (Wildman–Crippen LogP) is -2.58. The highest BCUT2D eigenvalue weighted by atomic mass is 16.4. The maximum Gasteiger partial charge on any atom is 0.328 e. The SMILES string of the molecule is CC(C)CC(NC(=O)C(NC(=O)C(N)CC(N)=O)C(C)C)C(=O)NC(CO)C(=O)O. The molecule has 0 bridgehead atoms. The van der Waals surface area contributed by atoms with Crippen LogP contribution in [0.5, 0.6) is 0 Å². The highest BCUT2D eigenvalue weighted by Gasteiger charge is 2.32. The number of hydrogen-bond acceptors (Lipinski definition) is 7. The Labute approximate surface area is 175 Å². The first-order valence-corrected chi connectivity index (χ1v) is 9.58. The number of nitrogens with one attached hydrogen (secondary N) is 3. The van der Waals surface area contributed by atoms with Crippen LogP contribution < -0.4 is 27.4 Å². The maximum atomic E-state index is 12.7. The Morgan fingerprint density at radius 1 is 0.867 bits per heavy atom. The van der Waals surface area contributed by atoms with Crippen molar-refractivity contribution in [3.63, 3.8) is 0 Å². The number of carbonyl (C=O) groups is 5. The molecule has 9 N–H and O–H groups in total. The molecule has 172 valence electrons. The number of carboxylic acids is 1. The van der Waals surface area contributed by atoms with Crippen LogP contribution in [0.15, 0.2) is 0 Å². The molecule has 12 nitrogen and oxygen atoms in total. The zero-order valence-electron chi connectivity index (χ0n) is 17.7. The van der Waals surface area contributed by atoms with Gasteiger partial charge in [-0.1, -0.05) is 27.7 Å². The van der Waals surface area contributed by atoms with Crippen LogP contribution in [0.4, 0.5) is 0 Å². The van der Waals surface area contributed by atoms with Crippen LogP contribution in [0.2, 0.25) is 0 Å². The van der Waals surface area contributed by atoms with Gasteiger partial charge in [-0.2, -0.15) is 0 Å². The van der Waals surface area contributed by atoms with E-state index in [0.29, 0.717) is 0 Å². The Kier molecular flexibility index (Phi) is 11.6. The maximum absolute atomic E-state index is 12.7. The van der Waals surface area contributed by atoms with E-state index in [4.69, 9.17) is 21.7 Å². The summed E-state index contributed by atoms with van der Waals surface area (Å²) in [6.07, 6.45) is -0.205. The molecular weight excluding hydrogens is 398 g/mol. The van der Waals surface area contributed by atoms with E-state index in [9.17, 15) is 24.0 Å². The first-order chi connectivity index (χ1) is 13.8. The van der Waals surface area contributed by atoms with Crippen molar-refractivity contribution in [3.05, 3.63) is 0 Å². The molecule has 0 heterocycles. The van der Waals surface area contributed by atoms with Crippen LogP contribution in [-0.4, -0.2) is 70.6 Å². The molecule has 0 spiro atoms. The highest BCUT2D eigenvalue weighted by Crippen LogP contribution is 2.09. The molecule has 0 rings (SSSR count). The van der Waals surface area contributed by atoms with Gasteiger partial charge in [0, 0.05) is 0 Å². The van der Waals surface area contributed by atoms with Crippen LogP contribution in [-0.2, 0) is 24.0 Å². The monoisotopic (exact) mass is 431 g/mol. The molecule has 0 aliphatic rings. The van der Waals surface area contributed by atoms with Crippen molar-refractivity contribution in [2.24, 2.45) is 23.3 Å². The Bertz CT molecular complexity index is 638. The lowest BCUT2D eigenvalue weighted by Gasteiger charge is -2.27. The van der Waals surface area contributed by atoms with Gasteiger partial charge < -0.3 is 37.6 Å². The van der Waals surface area contributed by atoms with Crippen LogP contribution in [0.25, 0.3) is 0 Å². The summed E-state index contributed by atoms with van der Waals surface area (Å²) in [6, 6.07) is -4.90. The molecule has 30 heavy (non-hydrogen) atoms. The number of nitrogens with two attached hydrogens (primary N) is 2. The van der Waals surface area contributed by atoms with Crippen molar-refractivity contribution < 1.29 is 34.2 Å². The lowest BCUT2D eigenvalue weighted by Crippen LogP contribution is -2.59. The average molecular weight is 431 g/mol. The Balaban J connectivity index is 5.35. The molecule has 0 aromatic carbocycles. The minimum atomic E-state index is -1.52. The molecule has 4 amide bonds. The summed E-state index contributed by atoms with van der Waals surface area (Å²) in [5.74, 6) is -4.82. The third-order valence-electron chi connectivity index (χ3n) is 4.14. The van der Waals surface area contributed by atoms with E-state index < -0.39 is 66.8 Å². The van der Waals surface area contributed by atoms with Crippen LogP contribution in [0, 0.1) is 11.8 Å². The molecule has 0 aromatic rings. The van der Waals surface area contributed by atoms with Gasteiger partial charge in [-0.25, -0.2) is 4.79 Å². The fourth-order valence-corrected chi connectivity index (χ4v) is 2.53. The lowest BCUT2D eigenvalue weighted by atomic mass is 9.99. The summed E-state index contributed by atoms with van der Waals surface area (Å²) in [5, 5.41) is 25.2. The Morgan fingerprint density at radius 3 is 1.80 bits per heavy atom. The third kappa shape index (κ3) is 9.65. The fourth-order valence-electron chi connectivity index (χ4n) is 2.53. The number of carboxylic acid groups (broad SMARTS) is 1. The first kappa shape index (κ1) is 27.3. The van der Waals surface area contributed by atoms with Gasteiger partial charge in [-0.15, -0.1) is 0 Å². The summed E-state index contributed by atoms with van der Waals surface area (Å²) in [5.41, 5.74) is 10.6. The molecule has 12 heteroatoms. The normalized spacial score (nSPS) is 15.1. The third-order valence-corrected chi connectivity index (χ3v) is 4.14. The molecule has 0 radical (unpaired) electrons. The summed E-state index contributed by atoms with van der Waals surface area (Å²) >= 11 is 0. The van der Waals surface area contributed by atoms with Crippen molar-refractivity contribution in [2.45, 2.75) is 64.7 Å². The molecule has 0 aliphatic heterocycles. The number of amides is 4. The summed E-state index contributed by atoms with van der Waals surface area (Å²) in [6.45, 7) is 6.11. The van der Waals surface area contributed by atoms with Gasteiger partial charge in [0.1, 0.15) is 18.1 Å². The van der Waals surface area contributed by atoms with Gasteiger partial charge >= 0.3 is 5.97 Å².